The average molecular weight is 688 g/mol. The zero-order valence-corrected chi connectivity index (χ0v) is 29.4. The molecule has 2 heterocycles. The largest absolute Gasteiger partial charge is 0.456 e. The van der Waals surface area contributed by atoms with Gasteiger partial charge in [-0.3, -0.25) is 0 Å². The lowest BCUT2D eigenvalue weighted by atomic mass is 9.95. The van der Waals surface area contributed by atoms with Gasteiger partial charge in [-0.25, -0.2) is 0 Å². The fourth-order valence-corrected chi connectivity index (χ4v) is 8.51. The number of benzene rings is 9. The van der Waals surface area contributed by atoms with Gasteiger partial charge in [0.15, 0.2) is 0 Å². The first-order valence-corrected chi connectivity index (χ1v) is 18.5. The van der Waals surface area contributed by atoms with Crippen LogP contribution in [0.15, 0.2) is 205 Å². The molecule has 9 aromatic carbocycles. The number of hydrogen-bond donors (Lipinski definition) is 0. The van der Waals surface area contributed by atoms with Crippen molar-refractivity contribution < 1.29 is 4.42 Å². The van der Waals surface area contributed by atoms with Crippen LogP contribution in [0.4, 0.5) is 0 Å². The average Bonchev–Trinajstić information content (AvgIpc) is 3.81. The summed E-state index contributed by atoms with van der Waals surface area (Å²) < 4.78 is 8.92. The second-order valence-electron chi connectivity index (χ2n) is 14.1. The number of furan rings is 1. The molecule has 0 aliphatic carbocycles. The highest BCUT2D eigenvalue weighted by Crippen LogP contribution is 2.45. The third-order valence-electron chi connectivity index (χ3n) is 11.0. The maximum atomic E-state index is 6.42. The molecular weight excluding hydrogens is 655 g/mol. The van der Waals surface area contributed by atoms with Gasteiger partial charge in [-0.1, -0.05) is 164 Å². The molecule has 11 rings (SSSR count). The zero-order valence-electron chi connectivity index (χ0n) is 29.4. The van der Waals surface area contributed by atoms with Crippen molar-refractivity contribution in [1.82, 2.24) is 4.57 Å². The van der Waals surface area contributed by atoms with Crippen molar-refractivity contribution in [2.45, 2.75) is 0 Å². The molecule has 54 heavy (non-hydrogen) atoms. The molecule has 2 aromatic heterocycles. The highest BCUT2D eigenvalue weighted by molar-refractivity contribution is 6.25. The molecule has 11 aromatic rings. The molecule has 0 saturated heterocycles. The summed E-state index contributed by atoms with van der Waals surface area (Å²) in [4.78, 5) is 0. The van der Waals surface area contributed by atoms with Crippen LogP contribution in [-0.2, 0) is 0 Å². The summed E-state index contributed by atoms with van der Waals surface area (Å²) in [6.07, 6.45) is 0. The van der Waals surface area contributed by atoms with Crippen LogP contribution in [0.2, 0.25) is 0 Å². The molecule has 0 aliphatic rings. The predicted molar refractivity (Wildman–Crippen MR) is 227 cm³/mol. The molecule has 0 atom stereocenters. The van der Waals surface area contributed by atoms with Crippen LogP contribution in [0.5, 0.6) is 0 Å². The van der Waals surface area contributed by atoms with Gasteiger partial charge in [-0.2, -0.15) is 0 Å². The predicted octanol–water partition coefficient (Wildman–Crippen LogP) is 14.5. The summed E-state index contributed by atoms with van der Waals surface area (Å²) in [6, 6.07) is 72.3. The van der Waals surface area contributed by atoms with Crippen molar-refractivity contribution in [2.24, 2.45) is 0 Å². The molecule has 252 valence electrons. The number of aromatic nitrogens is 1. The van der Waals surface area contributed by atoms with Crippen LogP contribution >= 0.6 is 0 Å². The number of fused-ring (bicyclic) bond motifs is 8. The van der Waals surface area contributed by atoms with Gasteiger partial charge in [0.25, 0.3) is 0 Å². The fourth-order valence-electron chi connectivity index (χ4n) is 8.51. The third-order valence-corrected chi connectivity index (χ3v) is 11.0. The van der Waals surface area contributed by atoms with Gasteiger partial charge in [-0.05, 0) is 86.1 Å². The van der Waals surface area contributed by atoms with Crippen molar-refractivity contribution in [3.63, 3.8) is 0 Å². The van der Waals surface area contributed by atoms with E-state index >= 15 is 0 Å². The molecule has 0 fully saturated rings. The third kappa shape index (κ3) is 4.81. The van der Waals surface area contributed by atoms with Crippen molar-refractivity contribution in [3.8, 4) is 50.2 Å². The van der Waals surface area contributed by atoms with E-state index in [9.17, 15) is 0 Å². The lowest BCUT2D eigenvalue weighted by Crippen LogP contribution is -1.97. The molecule has 2 heteroatoms. The quantitative estimate of drug-likeness (QED) is 0.176. The van der Waals surface area contributed by atoms with Crippen molar-refractivity contribution in [1.29, 1.82) is 0 Å². The topological polar surface area (TPSA) is 18.1 Å². The normalized spacial score (nSPS) is 11.7. The number of nitrogens with zero attached hydrogens (tertiary/aromatic N) is 1. The second-order valence-corrected chi connectivity index (χ2v) is 14.1. The van der Waals surface area contributed by atoms with Gasteiger partial charge in [0.1, 0.15) is 11.2 Å². The molecule has 0 radical (unpaired) electrons. The molecule has 0 spiro atoms. The Morgan fingerprint density at radius 3 is 1.65 bits per heavy atom. The first kappa shape index (κ1) is 30.5. The highest BCUT2D eigenvalue weighted by Gasteiger charge is 2.22. The fraction of sp³-hybridized carbons (Fsp3) is 0. The van der Waals surface area contributed by atoms with E-state index in [1.165, 1.54) is 71.5 Å². The number of para-hydroxylation sites is 2. The Bertz CT molecular complexity index is 3190. The van der Waals surface area contributed by atoms with E-state index in [-0.39, 0.29) is 0 Å². The van der Waals surface area contributed by atoms with Crippen LogP contribution in [-0.4, -0.2) is 4.57 Å². The number of hydrogen-bond acceptors (Lipinski definition) is 1. The molecule has 0 bridgehead atoms. The van der Waals surface area contributed by atoms with E-state index in [0.717, 1.165) is 33.2 Å². The van der Waals surface area contributed by atoms with Crippen LogP contribution in [0, 0.1) is 0 Å². The van der Waals surface area contributed by atoms with Crippen molar-refractivity contribution in [3.05, 3.63) is 200 Å². The zero-order chi connectivity index (χ0) is 35.6. The van der Waals surface area contributed by atoms with Crippen LogP contribution in [0.1, 0.15) is 0 Å². The first-order chi connectivity index (χ1) is 26.8. The van der Waals surface area contributed by atoms with Crippen molar-refractivity contribution >= 4 is 54.5 Å². The summed E-state index contributed by atoms with van der Waals surface area (Å²) in [7, 11) is 0. The summed E-state index contributed by atoms with van der Waals surface area (Å²) in [6.45, 7) is 0. The maximum Gasteiger partial charge on any atom is 0.136 e. The summed E-state index contributed by atoms with van der Waals surface area (Å²) in [5.74, 6) is 0. The molecule has 0 N–H and O–H groups in total. The first-order valence-electron chi connectivity index (χ1n) is 18.5. The van der Waals surface area contributed by atoms with E-state index in [4.69, 9.17) is 4.42 Å². The molecule has 0 saturated carbocycles. The van der Waals surface area contributed by atoms with E-state index in [1.807, 2.05) is 6.07 Å². The van der Waals surface area contributed by atoms with Crippen molar-refractivity contribution in [2.75, 3.05) is 0 Å². The molecule has 0 aliphatic heterocycles. The summed E-state index contributed by atoms with van der Waals surface area (Å²) in [5, 5.41) is 7.23. The Hall–Kier alpha value is -7.16. The lowest BCUT2D eigenvalue weighted by Gasteiger charge is -2.16. The molecule has 0 unspecified atom stereocenters. The Labute approximate surface area is 312 Å². The lowest BCUT2D eigenvalue weighted by molar-refractivity contribution is 0.669. The maximum absolute atomic E-state index is 6.42. The summed E-state index contributed by atoms with van der Waals surface area (Å²) in [5.41, 5.74) is 14.7. The second kappa shape index (κ2) is 12.2. The van der Waals surface area contributed by atoms with Gasteiger partial charge in [0.05, 0.1) is 11.0 Å². The Balaban J connectivity index is 1.24. The number of rotatable bonds is 5. The van der Waals surface area contributed by atoms with Gasteiger partial charge < -0.3 is 8.98 Å². The monoisotopic (exact) mass is 687 g/mol. The van der Waals surface area contributed by atoms with Gasteiger partial charge in [0.2, 0.25) is 0 Å². The minimum absolute atomic E-state index is 0.895. The molecule has 2 nitrogen and oxygen atoms in total. The van der Waals surface area contributed by atoms with E-state index in [1.54, 1.807) is 0 Å². The van der Waals surface area contributed by atoms with Gasteiger partial charge in [-0.15, -0.1) is 0 Å². The van der Waals surface area contributed by atoms with Gasteiger partial charge in [0, 0.05) is 32.8 Å². The summed E-state index contributed by atoms with van der Waals surface area (Å²) >= 11 is 0. The standard InChI is InChI=1S/C52H33NO/c1-3-13-34(14-4-1)36-25-27-37(28-26-36)40-31-39(35-15-5-2-6-16-35)32-41(33-40)53-47-30-29-38-17-7-8-18-42(38)50(47)46-22-11-21-44(52(46)53)43-20-12-24-49-51(43)45-19-9-10-23-48(45)54-49/h1-33H. The minimum Gasteiger partial charge on any atom is -0.456 e. The smallest absolute Gasteiger partial charge is 0.136 e. The van der Waals surface area contributed by atoms with Gasteiger partial charge >= 0.3 is 0 Å². The molecular formula is C52H33NO. The van der Waals surface area contributed by atoms with E-state index < -0.39 is 0 Å². The van der Waals surface area contributed by atoms with E-state index in [2.05, 4.69) is 199 Å². The Morgan fingerprint density at radius 2 is 0.889 bits per heavy atom. The Kier molecular flexibility index (Phi) is 6.90. The van der Waals surface area contributed by atoms with Crippen LogP contribution in [0.25, 0.3) is 105 Å². The minimum atomic E-state index is 0.895. The highest BCUT2D eigenvalue weighted by atomic mass is 16.3. The van der Waals surface area contributed by atoms with Crippen LogP contribution in [0.3, 0.4) is 0 Å². The van der Waals surface area contributed by atoms with E-state index in [0.29, 0.717) is 0 Å². The Morgan fingerprint density at radius 1 is 0.333 bits per heavy atom. The molecule has 0 amide bonds. The SMILES string of the molecule is c1ccc(-c2ccc(-c3cc(-c4ccccc4)cc(-n4c5ccc6ccccc6c5c5cccc(-c6cccc7oc8ccccc8c67)c54)c3)cc2)cc1. The van der Waals surface area contributed by atoms with Crippen LogP contribution < -0.4 is 0 Å².